The van der Waals surface area contributed by atoms with E-state index in [0.717, 1.165) is 27.4 Å². The third-order valence-electron chi connectivity index (χ3n) is 3.70. The predicted molar refractivity (Wildman–Crippen MR) is 107 cm³/mol. The van der Waals surface area contributed by atoms with Crippen LogP contribution < -0.4 is 9.54 Å². The van der Waals surface area contributed by atoms with Crippen LogP contribution in [-0.2, 0) is 0 Å². The smallest absolute Gasteiger partial charge is 0.205 e. The second kappa shape index (κ2) is 8.18. The molecule has 0 saturated heterocycles. The summed E-state index contributed by atoms with van der Waals surface area (Å²) in [5.41, 5.74) is 3.00. The van der Waals surface area contributed by atoms with Crippen molar-refractivity contribution in [2.24, 2.45) is 10.1 Å². The topological polar surface area (TPSA) is 38.9 Å². The van der Waals surface area contributed by atoms with Gasteiger partial charge in [0, 0.05) is 22.9 Å². The summed E-state index contributed by atoms with van der Waals surface area (Å²) in [6.07, 6.45) is 3.92. The second-order valence-corrected chi connectivity index (χ2v) is 6.87. The highest BCUT2D eigenvalue weighted by atomic mass is 32.2. The molecule has 2 aromatic carbocycles. The summed E-state index contributed by atoms with van der Waals surface area (Å²) in [7, 11) is 3.45. The highest BCUT2D eigenvalue weighted by Gasteiger charge is 2.11. The monoisotopic (exact) mass is 369 g/mol. The lowest BCUT2D eigenvalue weighted by molar-refractivity contribution is 0.416. The molecule has 0 aliphatic heterocycles. The van der Waals surface area contributed by atoms with Crippen molar-refractivity contribution < 1.29 is 4.74 Å². The molecule has 0 fully saturated rings. The Labute approximate surface area is 155 Å². The minimum absolute atomic E-state index is 0.816. The minimum Gasteiger partial charge on any atom is -0.496 e. The number of ether oxygens (including phenoxy) is 1. The summed E-state index contributed by atoms with van der Waals surface area (Å²) in [6, 6.07) is 16.2. The van der Waals surface area contributed by atoms with Gasteiger partial charge < -0.3 is 4.74 Å². The van der Waals surface area contributed by atoms with Gasteiger partial charge in [-0.2, -0.15) is 5.10 Å². The molecule has 0 aliphatic carbocycles. The number of hydrogen-bond acceptors (Lipinski definition) is 5. The van der Waals surface area contributed by atoms with E-state index < -0.39 is 0 Å². The van der Waals surface area contributed by atoms with E-state index in [9.17, 15) is 0 Å². The summed E-state index contributed by atoms with van der Waals surface area (Å²) < 4.78 is 7.34. The lowest BCUT2D eigenvalue weighted by Crippen LogP contribution is -2.11. The van der Waals surface area contributed by atoms with Crippen LogP contribution in [-0.4, -0.2) is 31.3 Å². The van der Waals surface area contributed by atoms with E-state index in [2.05, 4.69) is 40.6 Å². The van der Waals surface area contributed by atoms with E-state index in [0.29, 0.717) is 0 Å². The molecule has 0 saturated carbocycles. The molecule has 6 heteroatoms. The van der Waals surface area contributed by atoms with E-state index >= 15 is 0 Å². The van der Waals surface area contributed by atoms with Crippen LogP contribution in [0.5, 0.6) is 5.75 Å². The molecular weight excluding hydrogens is 350 g/mol. The second-order valence-electron chi connectivity index (χ2n) is 5.16. The maximum absolute atomic E-state index is 5.49. The molecule has 0 bridgehead atoms. The number of hydrogen-bond donors (Lipinski definition) is 0. The predicted octanol–water partition coefficient (Wildman–Crippen LogP) is 4.36. The lowest BCUT2D eigenvalue weighted by atomic mass is 10.1. The third kappa shape index (κ3) is 3.86. The Morgan fingerprint density at radius 3 is 2.56 bits per heavy atom. The highest BCUT2D eigenvalue weighted by Crippen LogP contribution is 2.29. The number of rotatable bonds is 5. The van der Waals surface area contributed by atoms with Crippen molar-refractivity contribution in [1.82, 2.24) is 4.68 Å². The van der Waals surface area contributed by atoms with Crippen molar-refractivity contribution in [3.63, 3.8) is 0 Å². The normalized spacial score (nSPS) is 12.0. The Bertz CT molecular complexity index is 940. The van der Waals surface area contributed by atoms with Gasteiger partial charge in [0.05, 0.1) is 19.0 Å². The zero-order chi connectivity index (χ0) is 17.6. The first kappa shape index (κ1) is 17.5. The maximum atomic E-state index is 5.49. The van der Waals surface area contributed by atoms with Gasteiger partial charge in [0.2, 0.25) is 4.80 Å². The zero-order valence-corrected chi connectivity index (χ0v) is 16.0. The van der Waals surface area contributed by atoms with Gasteiger partial charge in [0.15, 0.2) is 0 Å². The molecule has 0 spiro atoms. The number of thioether (sulfide) groups is 1. The molecule has 3 rings (SSSR count). The molecule has 3 aromatic rings. The van der Waals surface area contributed by atoms with Crippen LogP contribution in [0.4, 0.5) is 0 Å². The SMILES string of the molecule is CN=c1scc(-c2ccccc2OC)n1N=Cc1ccc(SC)cc1. The average Bonchev–Trinajstić information content (AvgIpc) is 3.09. The van der Waals surface area contributed by atoms with Crippen LogP contribution in [0, 0.1) is 0 Å². The van der Waals surface area contributed by atoms with Crippen LogP contribution >= 0.6 is 23.1 Å². The average molecular weight is 370 g/mol. The zero-order valence-electron chi connectivity index (χ0n) is 14.3. The van der Waals surface area contributed by atoms with Crippen molar-refractivity contribution in [3.8, 4) is 17.0 Å². The van der Waals surface area contributed by atoms with Crippen molar-refractivity contribution in [1.29, 1.82) is 0 Å². The fourth-order valence-corrected chi connectivity index (χ4v) is 3.62. The van der Waals surface area contributed by atoms with Crippen LogP contribution in [0.25, 0.3) is 11.3 Å². The molecule has 0 unspecified atom stereocenters. The van der Waals surface area contributed by atoms with Gasteiger partial charge in [0.1, 0.15) is 5.75 Å². The van der Waals surface area contributed by atoms with Crippen molar-refractivity contribution in [3.05, 3.63) is 64.3 Å². The number of benzene rings is 2. The number of para-hydroxylation sites is 1. The van der Waals surface area contributed by atoms with Gasteiger partial charge in [-0.3, -0.25) is 4.99 Å². The molecule has 4 nitrogen and oxygen atoms in total. The van der Waals surface area contributed by atoms with Crippen LogP contribution in [0.2, 0.25) is 0 Å². The van der Waals surface area contributed by atoms with Crippen LogP contribution in [0.1, 0.15) is 5.56 Å². The van der Waals surface area contributed by atoms with Crippen LogP contribution in [0.3, 0.4) is 0 Å². The molecule has 0 amide bonds. The summed E-state index contributed by atoms with van der Waals surface area (Å²) in [5, 5.41) is 6.71. The third-order valence-corrected chi connectivity index (χ3v) is 5.35. The summed E-state index contributed by atoms with van der Waals surface area (Å²) in [6.45, 7) is 0. The van der Waals surface area contributed by atoms with Gasteiger partial charge in [-0.05, 0) is 36.1 Å². The quantitative estimate of drug-likeness (QED) is 0.495. The number of aromatic nitrogens is 1. The van der Waals surface area contributed by atoms with Crippen molar-refractivity contribution in [2.45, 2.75) is 4.90 Å². The Kier molecular flexibility index (Phi) is 5.73. The van der Waals surface area contributed by atoms with Gasteiger partial charge in [-0.25, -0.2) is 4.68 Å². The fraction of sp³-hybridized carbons (Fsp3) is 0.158. The van der Waals surface area contributed by atoms with Crippen molar-refractivity contribution >= 4 is 29.3 Å². The number of methoxy groups -OCH3 is 1. The van der Waals surface area contributed by atoms with Gasteiger partial charge >= 0.3 is 0 Å². The van der Waals surface area contributed by atoms with E-state index in [-0.39, 0.29) is 0 Å². The van der Waals surface area contributed by atoms with E-state index in [1.54, 1.807) is 37.3 Å². The first-order valence-electron chi connectivity index (χ1n) is 7.72. The summed E-state index contributed by atoms with van der Waals surface area (Å²) in [5.74, 6) is 0.816. The Morgan fingerprint density at radius 1 is 1.12 bits per heavy atom. The molecule has 0 atom stereocenters. The Morgan fingerprint density at radius 2 is 1.88 bits per heavy atom. The Hall–Kier alpha value is -2.31. The number of thiazole rings is 1. The summed E-state index contributed by atoms with van der Waals surface area (Å²) in [4.78, 5) is 6.40. The first-order chi connectivity index (χ1) is 12.3. The lowest BCUT2D eigenvalue weighted by Gasteiger charge is -2.08. The molecular formula is C19H19N3OS2. The van der Waals surface area contributed by atoms with Gasteiger partial charge in [0.25, 0.3) is 0 Å². The highest BCUT2D eigenvalue weighted by molar-refractivity contribution is 7.98. The molecule has 0 N–H and O–H groups in total. The molecule has 1 aromatic heterocycles. The molecule has 1 heterocycles. The summed E-state index contributed by atoms with van der Waals surface area (Å²) >= 11 is 3.28. The molecule has 128 valence electrons. The van der Waals surface area contributed by atoms with E-state index in [1.165, 1.54) is 4.90 Å². The standard InChI is InChI=1S/C19H19N3OS2/c1-20-19-22(21-12-14-8-10-15(24-3)11-9-14)17(13-25-19)16-6-4-5-7-18(16)23-2/h4-13H,1-3H3. The molecule has 0 aliphatic rings. The maximum Gasteiger partial charge on any atom is 0.205 e. The largest absolute Gasteiger partial charge is 0.496 e. The van der Waals surface area contributed by atoms with Crippen LogP contribution in [0.15, 0.2) is 68.9 Å². The van der Waals surface area contributed by atoms with E-state index in [4.69, 9.17) is 4.74 Å². The van der Waals surface area contributed by atoms with Gasteiger partial charge in [-0.15, -0.1) is 23.1 Å². The molecule has 0 radical (unpaired) electrons. The fourth-order valence-electron chi connectivity index (χ4n) is 2.42. The number of nitrogens with zero attached hydrogens (tertiary/aromatic N) is 3. The van der Waals surface area contributed by atoms with Gasteiger partial charge in [-0.1, -0.05) is 24.3 Å². The first-order valence-corrected chi connectivity index (χ1v) is 9.82. The van der Waals surface area contributed by atoms with Crippen molar-refractivity contribution in [2.75, 3.05) is 20.4 Å². The van der Waals surface area contributed by atoms with E-state index in [1.807, 2.05) is 40.5 Å². The Balaban J connectivity index is 2.03. The minimum atomic E-state index is 0.816. The molecule has 25 heavy (non-hydrogen) atoms.